The van der Waals surface area contributed by atoms with Crippen LogP contribution in [0.1, 0.15) is 79.6 Å². The number of aliphatic hydroxyl groups is 1. The molecule has 0 bridgehead atoms. The third kappa shape index (κ3) is 2.91. The van der Waals surface area contributed by atoms with Crippen LogP contribution in [0.2, 0.25) is 0 Å². The van der Waals surface area contributed by atoms with Crippen molar-refractivity contribution in [3.8, 4) is 0 Å². The zero-order chi connectivity index (χ0) is 22.2. The van der Waals surface area contributed by atoms with E-state index in [9.17, 15) is 5.11 Å². The molecule has 1 heterocycles. The molecule has 5 aliphatic rings. The molecule has 5 rings (SSSR count). The van der Waals surface area contributed by atoms with E-state index in [2.05, 4.69) is 59.4 Å². The molecular formula is C28H42O3. The fourth-order valence-corrected chi connectivity index (χ4v) is 8.57. The van der Waals surface area contributed by atoms with Gasteiger partial charge in [0.1, 0.15) is 0 Å². The van der Waals surface area contributed by atoms with Crippen LogP contribution >= 0.6 is 0 Å². The molecule has 0 amide bonds. The Morgan fingerprint density at radius 1 is 1.13 bits per heavy atom. The molecule has 1 saturated heterocycles. The van der Waals surface area contributed by atoms with Crippen molar-refractivity contribution in [3.05, 3.63) is 36.1 Å². The second-order valence-corrected chi connectivity index (χ2v) is 12.2. The first-order valence-corrected chi connectivity index (χ1v) is 12.7. The Kier molecular flexibility index (Phi) is 5.07. The zero-order valence-corrected chi connectivity index (χ0v) is 20.2. The highest BCUT2D eigenvalue weighted by molar-refractivity contribution is 5.31. The van der Waals surface area contributed by atoms with Gasteiger partial charge in [0.25, 0.3) is 0 Å². The van der Waals surface area contributed by atoms with E-state index in [0.717, 1.165) is 30.4 Å². The quantitative estimate of drug-likeness (QED) is 0.407. The highest BCUT2D eigenvalue weighted by Gasteiger charge is 2.71. The SMILES string of the molecule is C=C(C)[C@@H](C)/C=C/[C@@H](C)[C@H]1CC[C@H]2[C@@H]3C=C4OOC45C[C@@H](O)CC[C@]5(C)[C@H]3CC[C@]12C. The van der Waals surface area contributed by atoms with Gasteiger partial charge in [-0.2, -0.15) is 4.89 Å². The van der Waals surface area contributed by atoms with Gasteiger partial charge in [0.15, 0.2) is 11.4 Å². The monoisotopic (exact) mass is 426 g/mol. The summed E-state index contributed by atoms with van der Waals surface area (Å²) in [5.41, 5.74) is 1.35. The maximum absolute atomic E-state index is 10.4. The summed E-state index contributed by atoms with van der Waals surface area (Å²) >= 11 is 0. The largest absolute Gasteiger partial charge is 0.393 e. The molecule has 31 heavy (non-hydrogen) atoms. The molecule has 4 fully saturated rings. The number of aliphatic hydroxyl groups excluding tert-OH is 1. The Balaban J connectivity index is 1.42. The van der Waals surface area contributed by atoms with Crippen LogP contribution in [0.5, 0.6) is 0 Å². The van der Waals surface area contributed by atoms with Crippen LogP contribution in [0.4, 0.5) is 0 Å². The molecule has 0 aromatic carbocycles. The van der Waals surface area contributed by atoms with Gasteiger partial charge in [-0.05, 0) is 92.4 Å². The minimum atomic E-state index is -0.369. The molecule has 0 radical (unpaired) electrons. The van der Waals surface area contributed by atoms with E-state index >= 15 is 0 Å². The molecule has 1 unspecified atom stereocenters. The predicted molar refractivity (Wildman–Crippen MR) is 124 cm³/mol. The summed E-state index contributed by atoms with van der Waals surface area (Å²) in [6.07, 6.45) is 14.9. The number of rotatable bonds is 4. The highest BCUT2D eigenvalue weighted by atomic mass is 17.3. The van der Waals surface area contributed by atoms with Crippen LogP contribution in [-0.2, 0) is 9.78 Å². The lowest BCUT2D eigenvalue weighted by molar-refractivity contribution is -0.471. The fourth-order valence-electron chi connectivity index (χ4n) is 8.57. The summed E-state index contributed by atoms with van der Waals surface area (Å²) in [6.45, 7) is 16.0. The van der Waals surface area contributed by atoms with Gasteiger partial charge >= 0.3 is 0 Å². The van der Waals surface area contributed by atoms with Crippen LogP contribution in [-0.4, -0.2) is 16.8 Å². The molecule has 1 spiro atoms. The Bertz CT molecular complexity index is 813. The van der Waals surface area contributed by atoms with Crippen LogP contribution in [0.25, 0.3) is 0 Å². The van der Waals surface area contributed by atoms with Gasteiger partial charge < -0.3 is 9.99 Å². The van der Waals surface area contributed by atoms with Gasteiger partial charge in [-0.25, -0.2) is 0 Å². The van der Waals surface area contributed by atoms with Crippen molar-refractivity contribution in [2.24, 2.45) is 46.3 Å². The van der Waals surface area contributed by atoms with Crippen molar-refractivity contribution in [2.75, 3.05) is 0 Å². The van der Waals surface area contributed by atoms with Crippen molar-refractivity contribution in [1.82, 2.24) is 0 Å². The molecular weight excluding hydrogens is 384 g/mol. The molecule has 1 aliphatic heterocycles. The minimum absolute atomic E-state index is 0.0844. The fraction of sp³-hybridized carbons (Fsp3) is 0.786. The van der Waals surface area contributed by atoms with Gasteiger partial charge in [-0.1, -0.05) is 52.0 Å². The Hall–Kier alpha value is -1.06. The number of allylic oxidation sites excluding steroid dienone is 4. The van der Waals surface area contributed by atoms with Crippen molar-refractivity contribution in [2.45, 2.75) is 91.3 Å². The normalized spacial score (nSPS) is 50.1. The molecule has 10 atom stereocenters. The van der Waals surface area contributed by atoms with Crippen LogP contribution in [0.3, 0.4) is 0 Å². The molecule has 0 aromatic heterocycles. The summed E-state index contributed by atoms with van der Waals surface area (Å²) in [7, 11) is 0. The van der Waals surface area contributed by atoms with Crippen LogP contribution < -0.4 is 0 Å². The highest BCUT2D eigenvalue weighted by Crippen LogP contribution is 2.71. The first-order valence-electron chi connectivity index (χ1n) is 12.7. The standard InChI is InChI=1S/C28H42O3/c1-17(2)18(3)7-8-19(4)22-9-10-23-21-15-25-28(31-30-25)16-20(29)11-14-27(28,6)24(21)12-13-26(22,23)5/h7-8,15,18-24,29H,1,9-14,16H2,2-6H3/b8-7+/t18-,19+,20-,21-,22+,23-,24-,26+,27+,28?/m0/s1. The van der Waals surface area contributed by atoms with Gasteiger partial charge in [-0.3, -0.25) is 0 Å². The second-order valence-electron chi connectivity index (χ2n) is 12.2. The first-order chi connectivity index (χ1) is 14.6. The van der Waals surface area contributed by atoms with E-state index < -0.39 is 0 Å². The van der Waals surface area contributed by atoms with Gasteiger partial charge in [0.2, 0.25) is 0 Å². The average molecular weight is 427 g/mol. The molecule has 1 N–H and O–H groups in total. The number of fused-ring (bicyclic) bond motifs is 4. The molecule has 0 aromatic rings. The minimum Gasteiger partial charge on any atom is -0.393 e. The van der Waals surface area contributed by atoms with Crippen LogP contribution in [0.15, 0.2) is 36.1 Å². The number of hydrogen-bond donors (Lipinski definition) is 1. The third-order valence-electron chi connectivity index (χ3n) is 10.8. The van der Waals surface area contributed by atoms with E-state index in [4.69, 9.17) is 9.78 Å². The lowest BCUT2D eigenvalue weighted by atomic mass is 9.44. The van der Waals surface area contributed by atoms with Crippen molar-refractivity contribution in [3.63, 3.8) is 0 Å². The first kappa shape index (κ1) is 21.8. The van der Waals surface area contributed by atoms with E-state index in [1.807, 2.05) is 0 Å². The molecule has 3 saturated carbocycles. The Morgan fingerprint density at radius 2 is 1.90 bits per heavy atom. The summed E-state index contributed by atoms with van der Waals surface area (Å²) in [6, 6.07) is 0. The van der Waals surface area contributed by atoms with E-state index in [-0.39, 0.29) is 17.1 Å². The molecule has 3 heteroatoms. The summed E-state index contributed by atoms with van der Waals surface area (Å²) in [5.74, 6) is 4.79. The third-order valence-corrected chi connectivity index (χ3v) is 10.8. The summed E-state index contributed by atoms with van der Waals surface area (Å²) in [5, 5.41) is 10.4. The predicted octanol–water partition coefficient (Wildman–Crippen LogP) is 6.60. The van der Waals surface area contributed by atoms with E-state index in [0.29, 0.717) is 35.5 Å². The topological polar surface area (TPSA) is 38.7 Å². The second kappa shape index (κ2) is 7.22. The lowest BCUT2D eigenvalue weighted by Crippen LogP contribution is -2.68. The van der Waals surface area contributed by atoms with Crippen LogP contribution in [0, 0.1) is 46.3 Å². The van der Waals surface area contributed by atoms with Crippen molar-refractivity contribution < 1.29 is 14.9 Å². The smallest absolute Gasteiger partial charge is 0.183 e. The lowest BCUT2D eigenvalue weighted by Gasteiger charge is -2.65. The van der Waals surface area contributed by atoms with Gasteiger partial charge in [0, 0.05) is 11.8 Å². The Morgan fingerprint density at radius 3 is 2.58 bits per heavy atom. The van der Waals surface area contributed by atoms with Crippen molar-refractivity contribution in [1.29, 1.82) is 0 Å². The molecule has 4 aliphatic carbocycles. The van der Waals surface area contributed by atoms with E-state index in [1.165, 1.54) is 31.3 Å². The van der Waals surface area contributed by atoms with Gasteiger partial charge in [0.05, 0.1) is 6.10 Å². The number of hydrogen-bond acceptors (Lipinski definition) is 3. The maximum atomic E-state index is 10.4. The maximum Gasteiger partial charge on any atom is 0.183 e. The molecule has 172 valence electrons. The summed E-state index contributed by atoms with van der Waals surface area (Å²) < 4.78 is 0. The Labute approximate surface area is 188 Å². The van der Waals surface area contributed by atoms with Crippen molar-refractivity contribution >= 4 is 0 Å². The zero-order valence-electron chi connectivity index (χ0n) is 20.2. The summed E-state index contributed by atoms with van der Waals surface area (Å²) in [4.78, 5) is 11.5. The van der Waals surface area contributed by atoms with E-state index in [1.54, 1.807) is 0 Å². The van der Waals surface area contributed by atoms with Gasteiger partial charge in [-0.15, -0.1) is 0 Å². The average Bonchev–Trinajstić information content (AvgIpc) is 3.07. The molecule has 3 nitrogen and oxygen atoms in total.